The van der Waals surface area contributed by atoms with E-state index in [4.69, 9.17) is 0 Å². The monoisotopic (exact) mass is 354 g/mol. The number of nitrogens with one attached hydrogen (secondary N) is 1. The fourth-order valence-electron chi connectivity index (χ4n) is 3.65. The van der Waals surface area contributed by atoms with E-state index < -0.39 is 5.97 Å². The quantitative estimate of drug-likeness (QED) is 0.810. The Morgan fingerprint density at radius 3 is 2.54 bits per heavy atom. The lowest BCUT2D eigenvalue weighted by Crippen LogP contribution is -2.38. The van der Waals surface area contributed by atoms with E-state index in [-0.39, 0.29) is 23.2 Å². The molecule has 6 nitrogen and oxygen atoms in total. The van der Waals surface area contributed by atoms with E-state index >= 15 is 0 Å². The highest BCUT2D eigenvalue weighted by atomic mass is 16.4. The first-order valence-electron chi connectivity index (χ1n) is 8.69. The molecule has 1 aliphatic carbocycles. The Balaban J connectivity index is 2.07. The number of rotatable bonds is 3. The molecule has 0 aromatic heterocycles. The second-order valence-electron chi connectivity index (χ2n) is 6.76. The van der Waals surface area contributed by atoms with Crippen LogP contribution in [0.25, 0.3) is 0 Å². The van der Waals surface area contributed by atoms with E-state index in [2.05, 4.69) is 11.9 Å². The molecule has 1 heterocycles. The molecule has 2 N–H and O–H groups in total. The third-order valence-corrected chi connectivity index (χ3v) is 5.11. The topological polar surface area (TPSA) is 86.7 Å². The summed E-state index contributed by atoms with van der Waals surface area (Å²) in [5, 5.41) is 12.1. The Kier molecular flexibility index (Phi) is 4.68. The number of aryl methyl sites for hydroxylation is 1. The number of fused-ring (bicyclic) bond motifs is 1. The Morgan fingerprint density at radius 2 is 1.96 bits per heavy atom. The maximum Gasteiger partial charge on any atom is 0.336 e. The highest BCUT2D eigenvalue weighted by molar-refractivity contribution is 6.13. The summed E-state index contributed by atoms with van der Waals surface area (Å²) >= 11 is 0. The summed E-state index contributed by atoms with van der Waals surface area (Å²) in [6, 6.07) is 3.25. The summed E-state index contributed by atoms with van der Waals surface area (Å²) in [5.41, 5.74) is 3.16. The fraction of sp³-hybridized carbons (Fsp3) is 0.350. The number of anilines is 2. The van der Waals surface area contributed by atoms with Gasteiger partial charge in [-0.15, -0.1) is 0 Å². The second kappa shape index (κ2) is 6.78. The highest BCUT2D eigenvalue weighted by Crippen LogP contribution is 2.41. The van der Waals surface area contributed by atoms with Gasteiger partial charge in [-0.1, -0.05) is 12.7 Å². The van der Waals surface area contributed by atoms with Gasteiger partial charge in [-0.25, -0.2) is 4.79 Å². The van der Waals surface area contributed by atoms with Crippen LogP contribution >= 0.6 is 0 Å². The lowest BCUT2D eigenvalue weighted by Gasteiger charge is -2.38. The van der Waals surface area contributed by atoms with Crippen LogP contribution in [0.5, 0.6) is 0 Å². The molecule has 1 fully saturated rings. The Bertz CT molecular complexity index is 844. The average Bonchev–Trinajstić information content (AvgIpc) is 2.60. The number of amides is 1. The summed E-state index contributed by atoms with van der Waals surface area (Å²) in [6.45, 7) is 7.74. The SMILES string of the molecule is C=C(C1CCC(=O)CC1)N1/C(=C\C)C(=O)Nc2cc(C(=O)O)c(C)cc21. The Morgan fingerprint density at radius 1 is 1.31 bits per heavy atom. The third-order valence-electron chi connectivity index (χ3n) is 5.11. The number of carbonyl (C=O) groups excluding carboxylic acids is 2. The molecule has 6 heteroatoms. The third kappa shape index (κ3) is 3.03. The summed E-state index contributed by atoms with van der Waals surface area (Å²) in [6.07, 6.45) is 4.21. The number of nitrogens with zero attached hydrogens (tertiary/aromatic N) is 1. The average molecular weight is 354 g/mol. The van der Waals surface area contributed by atoms with Crippen molar-refractivity contribution in [3.05, 3.63) is 47.3 Å². The van der Waals surface area contributed by atoms with E-state index in [9.17, 15) is 19.5 Å². The van der Waals surface area contributed by atoms with Gasteiger partial charge in [0.15, 0.2) is 0 Å². The van der Waals surface area contributed by atoms with Crippen LogP contribution in [0.1, 0.15) is 48.5 Å². The zero-order valence-electron chi connectivity index (χ0n) is 15.0. The molecule has 1 saturated carbocycles. The lowest BCUT2D eigenvalue weighted by atomic mass is 9.85. The summed E-state index contributed by atoms with van der Waals surface area (Å²) in [7, 11) is 0. The maximum atomic E-state index is 12.5. The van der Waals surface area contributed by atoms with Crippen molar-refractivity contribution in [2.24, 2.45) is 5.92 Å². The second-order valence-corrected chi connectivity index (χ2v) is 6.76. The lowest BCUT2D eigenvalue weighted by molar-refractivity contribution is -0.120. The number of hydrogen-bond acceptors (Lipinski definition) is 4. The van der Waals surface area contributed by atoms with Crippen molar-refractivity contribution in [2.45, 2.75) is 39.5 Å². The number of Topliss-reactive ketones (excluding diaryl/α,β-unsaturated/α-hetero) is 1. The van der Waals surface area contributed by atoms with Crippen molar-refractivity contribution in [3.63, 3.8) is 0 Å². The van der Waals surface area contributed by atoms with Crippen molar-refractivity contribution in [2.75, 3.05) is 10.2 Å². The van der Waals surface area contributed by atoms with Gasteiger partial charge < -0.3 is 15.3 Å². The zero-order valence-corrected chi connectivity index (χ0v) is 15.0. The largest absolute Gasteiger partial charge is 0.478 e. The van der Waals surface area contributed by atoms with Crippen molar-refractivity contribution in [1.29, 1.82) is 0 Å². The first-order chi connectivity index (χ1) is 12.3. The molecule has 2 aliphatic rings. The van der Waals surface area contributed by atoms with Gasteiger partial charge in [-0.2, -0.15) is 0 Å². The summed E-state index contributed by atoms with van der Waals surface area (Å²) in [4.78, 5) is 37.3. The smallest absolute Gasteiger partial charge is 0.336 e. The molecule has 1 aromatic rings. The molecule has 0 bridgehead atoms. The summed E-state index contributed by atoms with van der Waals surface area (Å²) < 4.78 is 0. The number of benzene rings is 1. The molecule has 1 amide bonds. The molecule has 0 saturated heterocycles. The van der Waals surface area contributed by atoms with Crippen LogP contribution in [0, 0.1) is 12.8 Å². The molecular weight excluding hydrogens is 332 g/mol. The van der Waals surface area contributed by atoms with Crippen molar-refractivity contribution < 1.29 is 19.5 Å². The van der Waals surface area contributed by atoms with Crippen LogP contribution in [0.2, 0.25) is 0 Å². The molecule has 0 spiro atoms. The minimum Gasteiger partial charge on any atom is -0.478 e. The number of carboxylic acid groups (broad SMARTS) is 1. The number of carboxylic acids is 1. The molecule has 26 heavy (non-hydrogen) atoms. The Labute approximate surface area is 152 Å². The van der Waals surface area contributed by atoms with Gasteiger partial charge in [0.25, 0.3) is 5.91 Å². The van der Waals surface area contributed by atoms with Crippen LogP contribution in [-0.2, 0) is 9.59 Å². The number of aromatic carboxylic acids is 1. The first-order valence-corrected chi connectivity index (χ1v) is 8.69. The van der Waals surface area contributed by atoms with Gasteiger partial charge in [0.05, 0.1) is 16.9 Å². The number of carbonyl (C=O) groups is 3. The van der Waals surface area contributed by atoms with E-state index in [0.29, 0.717) is 48.3 Å². The van der Waals surface area contributed by atoms with Crippen LogP contribution in [0.15, 0.2) is 36.2 Å². The van der Waals surface area contributed by atoms with Crippen LogP contribution in [0.3, 0.4) is 0 Å². The predicted molar refractivity (Wildman–Crippen MR) is 99.1 cm³/mol. The molecule has 1 aliphatic heterocycles. The first kappa shape index (κ1) is 17.9. The van der Waals surface area contributed by atoms with Crippen molar-refractivity contribution >= 4 is 29.0 Å². The van der Waals surface area contributed by atoms with Gasteiger partial charge in [-0.3, -0.25) is 9.59 Å². The number of hydrogen-bond donors (Lipinski definition) is 2. The van der Waals surface area contributed by atoms with E-state index in [0.717, 1.165) is 5.70 Å². The maximum absolute atomic E-state index is 12.5. The van der Waals surface area contributed by atoms with Crippen molar-refractivity contribution in [1.82, 2.24) is 0 Å². The predicted octanol–water partition coefficient (Wildman–Crippen LogP) is 3.63. The molecule has 0 unspecified atom stereocenters. The van der Waals surface area contributed by atoms with Crippen LogP contribution in [-0.4, -0.2) is 22.8 Å². The van der Waals surface area contributed by atoms with E-state index in [1.54, 1.807) is 26.0 Å². The van der Waals surface area contributed by atoms with Gasteiger partial charge in [-0.05, 0) is 50.3 Å². The van der Waals surface area contributed by atoms with Crippen molar-refractivity contribution in [3.8, 4) is 0 Å². The van der Waals surface area contributed by atoms with Gasteiger partial charge in [0.2, 0.25) is 0 Å². The molecular formula is C20H22N2O4. The minimum absolute atomic E-state index is 0.112. The standard InChI is InChI=1S/C20H22N2O4/c1-4-17-19(24)21-16-10-15(20(25)26)11(2)9-18(16)22(17)12(3)13-5-7-14(23)8-6-13/h4,9-10,13H,3,5-8H2,1-2H3,(H,21,24)(H,25,26)/b17-4-. The molecule has 3 rings (SSSR count). The molecule has 0 atom stereocenters. The number of allylic oxidation sites excluding steroid dienone is 2. The minimum atomic E-state index is -1.03. The van der Waals surface area contributed by atoms with E-state index in [1.165, 1.54) is 6.07 Å². The molecule has 0 radical (unpaired) electrons. The Hall–Kier alpha value is -2.89. The van der Waals surface area contributed by atoms with Gasteiger partial charge in [0, 0.05) is 18.5 Å². The van der Waals surface area contributed by atoms with Gasteiger partial charge >= 0.3 is 5.97 Å². The zero-order chi connectivity index (χ0) is 19.0. The summed E-state index contributed by atoms with van der Waals surface area (Å²) in [5.74, 6) is -0.958. The van der Waals surface area contributed by atoms with Crippen LogP contribution < -0.4 is 10.2 Å². The fourth-order valence-corrected chi connectivity index (χ4v) is 3.65. The number of ketones is 1. The molecule has 1 aromatic carbocycles. The van der Waals surface area contributed by atoms with E-state index in [1.807, 2.05) is 4.90 Å². The highest BCUT2D eigenvalue weighted by Gasteiger charge is 2.34. The molecule has 136 valence electrons. The van der Waals surface area contributed by atoms with Crippen LogP contribution in [0.4, 0.5) is 11.4 Å². The van der Waals surface area contributed by atoms with Gasteiger partial charge in [0.1, 0.15) is 11.5 Å². The normalized spacial score (nSPS) is 19.3.